The van der Waals surface area contributed by atoms with Crippen molar-refractivity contribution >= 4 is 52.2 Å². The Morgan fingerprint density at radius 3 is 2.63 bits per heavy atom. The van der Waals surface area contributed by atoms with Gasteiger partial charge in [0, 0.05) is 5.69 Å². The molecule has 1 heterocycles. The number of hydrogen-bond donors (Lipinski definition) is 2. The van der Waals surface area contributed by atoms with E-state index in [9.17, 15) is 19.5 Å². The predicted molar refractivity (Wildman–Crippen MR) is 117 cm³/mol. The summed E-state index contributed by atoms with van der Waals surface area (Å²) in [6.45, 7) is 3.61. The molecule has 2 aromatic rings. The number of thioether (sulfide) groups is 1. The van der Waals surface area contributed by atoms with Gasteiger partial charge in [0.1, 0.15) is 6.54 Å². The third-order valence-corrected chi connectivity index (χ3v) is 5.35. The summed E-state index contributed by atoms with van der Waals surface area (Å²) in [5.74, 6) is -1.08. The fraction of sp³-hybridized carbons (Fsp3) is 0.190. The van der Waals surface area contributed by atoms with Crippen LogP contribution in [0.25, 0.3) is 6.08 Å². The molecule has 2 N–H and O–H groups in total. The number of aromatic hydroxyl groups is 1. The molecule has 0 spiro atoms. The number of carbonyl (C=O) groups excluding carboxylic acids is 3. The molecule has 2 aromatic carbocycles. The van der Waals surface area contributed by atoms with E-state index in [0.29, 0.717) is 17.9 Å². The molecule has 0 radical (unpaired) electrons. The summed E-state index contributed by atoms with van der Waals surface area (Å²) in [6.07, 6.45) is 1.47. The zero-order valence-corrected chi connectivity index (χ0v) is 17.8. The number of phenols is 1. The Morgan fingerprint density at radius 2 is 1.97 bits per heavy atom. The van der Waals surface area contributed by atoms with Gasteiger partial charge in [0.05, 0.1) is 16.5 Å². The Labute approximate surface area is 182 Å². The number of aryl methyl sites for hydroxylation is 1. The van der Waals surface area contributed by atoms with Crippen LogP contribution in [0.4, 0.5) is 10.5 Å². The standard InChI is InChI=1S/C21H19ClN2O5S/c1-3-29-16-9-13(8-15(22)19(16)26)10-17-20(27)24(21(28)30-17)11-18(25)23-14-6-4-12(2)5-7-14/h4-10,26H,3,11H2,1-2H3,(H,23,25). The molecular weight excluding hydrogens is 428 g/mol. The van der Waals surface area contributed by atoms with Crippen molar-refractivity contribution in [2.45, 2.75) is 13.8 Å². The van der Waals surface area contributed by atoms with Crippen LogP contribution in [-0.4, -0.2) is 40.2 Å². The van der Waals surface area contributed by atoms with Crippen LogP contribution in [0.5, 0.6) is 11.5 Å². The molecule has 0 aliphatic carbocycles. The number of amides is 3. The highest BCUT2D eigenvalue weighted by molar-refractivity contribution is 8.18. The average Bonchev–Trinajstić information content (AvgIpc) is 2.95. The maximum Gasteiger partial charge on any atom is 0.294 e. The van der Waals surface area contributed by atoms with Gasteiger partial charge in [-0.15, -0.1) is 0 Å². The van der Waals surface area contributed by atoms with Crippen LogP contribution in [0.3, 0.4) is 0 Å². The number of carbonyl (C=O) groups is 3. The first kappa shape index (κ1) is 21.7. The molecule has 3 rings (SSSR count). The zero-order chi connectivity index (χ0) is 21.8. The molecule has 0 aromatic heterocycles. The molecule has 7 nitrogen and oxygen atoms in total. The van der Waals surface area contributed by atoms with Crippen LogP contribution in [0.15, 0.2) is 41.3 Å². The fourth-order valence-electron chi connectivity index (χ4n) is 2.71. The smallest absolute Gasteiger partial charge is 0.294 e. The van der Waals surface area contributed by atoms with Crippen molar-refractivity contribution in [1.82, 2.24) is 4.90 Å². The van der Waals surface area contributed by atoms with E-state index in [0.717, 1.165) is 22.2 Å². The molecule has 156 valence electrons. The Balaban J connectivity index is 1.74. The first-order chi connectivity index (χ1) is 14.3. The van der Waals surface area contributed by atoms with Crippen LogP contribution in [0, 0.1) is 6.92 Å². The highest BCUT2D eigenvalue weighted by atomic mass is 35.5. The first-order valence-corrected chi connectivity index (χ1v) is 10.2. The van der Waals surface area contributed by atoms with Crippen molar-refractivity contribution in [3.63, 3.8) is 0 Å². The summed E-state index contributed by atoms with van der Waals surface area (Å²) in [7, 11) is 0. The highest BCUT2D eigenvalue weighted by Gasteiger charge is 2.36. The molecule has 0 bridgehead atoms. The lowest BCUT2D eigenvalue weighted by atomic mass is 10.2. The van der Waals surface area contributed by atoms with Crippen molar-refractivity contribution in [2.75, 3.05) is 18.5 Å². The van der Waals surface area contributed by atoms with Crippen LogP contribution in [0.1, 0.15) is 18.1 Å². The summed E-state index contributed by atoms with van der Waals surface area (Å²) in [6, 6.07) is 10.1. The van der Waals surface area contributed by atoms with Gasteiger partial charge in [0.2, 0.25) is 5.91 Å². The summed E-state index contributed by atoms with van der Waals surface area (Å²) in [4.78, 5) is 38.2. The minimum atomic E-state index is -0.578. The maximum absolute atomic E-state index is 12.6. The van der Waals surface area contributed by atoms with Gasteiger partial charge in [-0.05, 0) is 61.5 Å². The first-order valence-electron chi connectivity index (χ1n) is 9.05. The molecule has 30 heavy (non-hydrogen) atoms. The molecule has 9 heteroatoms. The van der Waals surface area contributed by atoms with Crippen molar-refractivity contribution in [2.24, 2.45) is 0 Å². The topological polar surface area (TPSA) is 95.9 Å². The molecular formula is C21H19ClN2O5S. The Bertz CT molecular complexity index is 1040. The summed E-state index contributed by atoms with van der Waals surface area (Å²) in [5, 5.41) is 12.1. The number of benzene rings is 2. The number of nitrogens with zero attached hydrogens (tertiary/aromatic N) is 1. The second-order valence-corrected chi connectivity index (χ2v) is 7.86. The van der Waals surface area contributed by atoms with Crippen LogP contribution >= 0.6 is 23.4 Å². The Hall–Kier alpha value is -2.97. The van der Waals surface area contributed by atoms with Crippen molar-refractivity contribution < 1.29 is 24.2 Å². The Kier molecular flexibility index (Phi) is 6.69. The van der Waals surface area contributed by atoms with Crippen LogP contribution in [-0.2, 0) is 9.59 Å². The van der Waals surface area contributed by atoms with Gasteiger partial charge in [-0.3, -0.25) is 19.3 Å². The number of nitrogens with one attached hydrogen (secondary N) is 1. The van der Waals surface area contributed by atoms with Gasteiger partial charge in [-0.1, -0.05) is 29.3 Å². The molecule has 3 amide bonds. The second kappa shape index (κ2) is 9.23. The maximum atomic E-state index is 12.6. The van der Waals surface area contributed by atoms with E-state index in [1.165, 1.54) is 18.2 Å². The quantitative estimate of drug-likeness (QED) is 0.637. The fourth-order valence-corrected chi connectivity index (χ4v) is 3.77. The zero-order valence-electron chi connectivity index (χ0n) is 16.3. The molecule has 0 atom stereocenters. The largest absolute Gasteiger partial charge is 0.503 e. The van der Waals surface area contributed by atoms with E-state index in [-0.39, 0.29) is 21.4 Å². The lowest BCUT2D eigenvalue weighted by Crippen LogP contribution is -2.36. The van der Waals surface area contributed by atoms with Gasteiger partial charge < -0.3 is 15.2 Å². The predicted octanol–water partition coefficient (Wildman–Crippen LogP) is 4.43. The number of halogens is 1. The van der Waals surface area contributed by atoms with E-state index in [4.69, 9.17) is 16.3 Å². The number of anilines is 1. The Morgan fingerprint density at radius 1 is 1.27 bits per heavy atom. The molecule has 1 aliphatic rings. The summed E-state index contributed by atoms with van der Waals surface area (Å²) >= 11 is 6.74. The van der Waals surface area contributed by atoms with E-state index < -0.39 is 23.6 Å². The molecule has 1 saturated heterocycles. The van der Waals surface area contributed by atoms with Crippen LogP contribution in [0.2, 0.25) is 5.02 Å². The second-order valence-electron chi connectivity index (χ2n) is 6.46. The molecule has 1 fully saturated rings. The van der Waals surface area contributed by atoms with E-state index in [2.05, 4.69) is 5.32 Å². The van der Waals surface area contributed by atoms with E-state index in [1.54, 1.807) is 19.1 Å². The highest BCUT2D eigenvalue weighted by Crippen LogP contribution is 2.38. The molecule has 1 aliphatic heterocycles. The third kappa shape index (κ3) is 4.95. The number of hydrogen-bond acceptors (Lipinski definition) is 6. The average molecular weight is 447 g/mol. The minimum absolute atomic E-state index is 0.0592. The SMILES string of the molecule is CCOc1cc(C=C2SC(=O)N(CC(=O)Nc3ccc(C)cc3)C2=O)cc(Cl)c1O. The number of imide groups is 1. The number of ether oxygens (including phenoxy) is 1. The van der Waals surface area contributed by atoms with Crippen LogP contribution < -0.4 is 10.1 Å². The van der Waals surface area contributed by atoms with Gasteiger partial charge in [0.25, 0.3) is 11.1 Å². The van der Waals surface area contributed by atoms with E-state index >= 15 is 0 Å². The van der Waals surface area contributed by atoms with Gasteiger partial charge >= 0.3 is 0 Å². The van der Waals surface area contributed by atoms with Crippen molar-refractivity contribution in [3.05, 3.63) is 57.5 Å². The molecule has 0 saturated carbocycles. The van der Waals surface area contributed by atoms with Gasteiger partial charge in [-0.25, -0.2) is 0 Å². The summed E-state index contributed by atoms with van der Waals surface area (Å²) < 4.78 is 5.32. The molecule has 0 unspecified atom stereocenters. The van der Waals surface area contributed by atoms with Gasteiger partial charge in [0.15, 0.2) is 11.5 Å². The number of phenolic OH excluding ortho intramolecular Hbond substituents is 1. The summed E-state index contributed by atoms with van der Waals surface area (Å²) in [5.41, 5.74) is 2.11. The monoisotopic (exact) mass is 446 g/mol. The normalized spacial score (nSPS) is 15.0. The van der Waals surface area contributed by atoms with Gasteiger partial charge in [-0.2, -0.15) is 0 Å². The van der Waals surface area contributed by atoms with E-state index in [1.807, 2.05) is 19.1 Å². The third-order valence-electron chi connectivity index (χ3n) is 4.16. The number of rotatable bonds is 6. The lowest BCUT2D eigenvalue weighted by molar-refractivity contribution is -0.127. The lowest BCUT2D eigenvalue weighted by Gasteiger charge is -2.12. The minimum Gasteiger partial charge on any atom is -0.503 e. The van der Waals surface area contributed by atoms with Crippen molar-refractivity contribution in [3.8, 4) is 11.5 Å². The van der Waals surface area contributed by atoms with Crippen molar-refractivity contribution in [1.29, 1.82) is 0 Å².